The predicted molar refractivity (Wildman–Crippen MR) is 64.0 cm³/mol. The molecule has 2 rings (SSSR count). The number of amides is 1. The summed E-state index contributed by atoms with van der Waals surface area (Å²) >= 11 is 0. The number of carbonyl (C=O) groups excluding carboxylic acids is 1. The SMILES string of the molecule is CC(C)C1NCN(C2CCCN(C)C2)C1=O. The van der Waals surface area contributed by atoms with Crippen LogP contribution in [0, 0.1) is 5.92 Å². The Morgan fingerprint density at radius 1 is 1.44 bits per heavy atom. The monoisotopic (exact) mass is 225 g/mol. The van der Waals surface area contributed by atoms with Crippen LogP contribution in [0.3, 0.4) is 0 Å². The van der Waals surface area contributed by atoms with E-state index in [1.807, 2.05) is 4.90 Å². The van der Waals surface area contributed by atoms with E-state index < -0.39 is 0 Å². The summed E-state index contributed by atoms with van der Waals surface area (Å²) in [7, 11) is 2.14. The zero-order chi connectivity index (χ0) is 11.7. The first-order valence-electron chi connectivity index (χ1n) is 6.32. The van der Waals surface area contributed by atoms with E-state index in [4.69, 9.17) is 0 Å². The number of likely N-dealkylation sites (N-methyl/N-ethyl adjacent to an activating group) is 1. The summed E-state index contributed by atoms with van der Waals surface area (Å²) in [5.41, 5.74) is 0. The number of nitrogens with zero attached hydrogens (tertiary/aromatic N) is 2. The Morgan fingerprint density at radius 3 is 2.75 bits per heavy atom. The summed E-state index contributed by atoms with van der Waals surface area (Å²) in [6, 6.07) is 0.453. The van der Waals surface area contributed by atoms with E-state index in [0.717, 1.165) is 19.6 Å². The molecule has 1 amide bonds. The maximum absolute atomic E-state index is 12.2. The lowest BCUT2D eigenvalue weighted by molar-refractivity contribution is -0.132. The number of piperidine rings is 1. The molecule has 2 aliphatic rings. The van der Waals surface area contributed by atoms with Gasteiger partial charge in [0.15, 0.2) is 0 Å². The zero-order valence-electron chi connectivity index (χ0n) is 10.6. The van der Waals surface area contributed by atoms with E-state index in [2.05, 4.69) is 31.1 Å². The van der Waals surface area contributed by atoms with Crippen LogP contribution < -0.4 is 5.32 Å². The predicted octanol–water partition coefficient (Wildman–Crippen LogP) is 0.494. The van der Waals surface area contributed by atoms with Crippen LogP contribution >= 0.6 is 0 Å². The number of hydrogen-bond acceptors (Lipinski definition) is 3. The molecule has 4 nitrogen and oxygen atoms in total. The highest BCUT2D eigenvalue weighted by Crippen LogP contribution is 2.20. The highest BCUT2D eigenvalue weighted by atomic mass is 16.2. The molecule has 92 valence electrons. The Balaban J connectivity index is 1.98. The van der Waals surface area contributed by atoms with Gasteiger partial charge in [-0.15, -0.1) is 0 Å². The van der Waals surface area contributed by atoms with Crippen molar-refractivity contribution < 1.29 is 4.79 Å². The summed E-state index contributed by atoms with van der Waals surface area (Å²) in [5, 5.41) is 3.33. The Hall–Kier alpha value is -0.610. The lowest BCUT2D eigenvalue weighted by atomic mass is 10.0. The van der Waals surface area contributed by atoms with Crippen LogP contribution in [0.1, 0.15) is 26.7 Å². The zero-order valence-corrected chi connectivity index (χ0v) is 10.6. The van der Waals surface area contributed by atoms with Gasteiger partial charge in [0, 0.05) is 12.6 Å². The van der Waals surface area contributed by atoms with Crippen molar-refractivity contribution in [1.82, 2.24) is 15.1 Å². The lowest BCUT2D eigenvalue weighted by Crippen LogP contribution is -2.48. The molecule has 2 heterocycles. The lowest BCUT2D eigenvalue weighted by Gasteiger charge is -2.35. The highest BCUT2D eigenvalue weighted by molar-refractivity contribution is 5.84. The molecular formula is C12H23N3O. The molecule has 0 saturated carbocycles. The molecule has 0 radical (unpaired) electrons. The Labute approximate surface area is 98.0 Å². The van der Waals surface area contributed by atoms with Crippen molar-refractivity contribution in [2.75, 3.05) is 26.8 Å². The molecule has 0 spiro atoms. The number of hydrogen-bond donors (Lipinski definition) is 1. The number of likely N-dealkylation sites (tertiary alicyclic amines) is 1. The summed E-state index contributed by atoms with van der Waals surface area (Å²) in [6.07, 6.45) is 2.36. The molecular weight excluding hydrogens is 202 g/mol. The van der Waals surface area contributed by atoms with Crippen LogP contribution in [0.25, 0.3) is 0 Å². The second-order valence-corrected chi connectivity index (χ2v) is 5.45. The summed E-state index contributed by atoms with van der Waals surface area (Å²) in [5.74, 6) is 0.689. The van der Waals surface area contributed by atoms with Crippen molar-refractivity contribution in [2.24, 2.45) is 5.92 Å². The third-order valence-corrected chi connectivity index (χ3v) is 3.74. The van der Waals surface area contributed by atoms with Gasteiger partial charge in [-0.25, -0.2) is 0 Å². The van der Waals surface area contributed by atoms with Gasteiger partial charge in [0.05, 0.1) is 12.7 Å². The highest BCUT2D eigenvalue weighted by Gasteiger charge is 2.37. The summed E-state index contributed by atoms with van der Waals surface area (Å²) in [6.45, 7) is 7.14. The summed E-state index contributed by atoms with van der Waals surface area (Å²) in [4.78, 5) is 16.6. The van der Waals surface area contributed by atoms with Gasteiger partial charge < -0.3 is 9.80 Å². The first kappa shape index (κ1) is 11.9. The minimum Gasteiger partial charge on any atom is -0.324 e. The average Bonchev–Trinajstić information content (AvgIpc) is 2.60. The van der Waals surface area contributed by atoms with Crippen LogP contribution in [0.15, 0.2) is 0 Å². The van der Waals surface area contributed by atoms with Crippen LogP contribution in [-0.2, 0) is 4.79 Å². The largest absolute Gasteiger partial charge is 0.324 e. The van der Waals surface area contributed by atoms with E-state index in [1.54, 1.807) is 0 Å². The molecule has 0 aromatic heterocycles. The molecule has 2 unspecified atom stereocenters. The smallest absolute Gasteiger partial charge is 0.241 e. The minimum absolute atomic E-state index is 0.0345. The number of carbonyl (C=O) groups is 1. The normalized spacial score (nSPS) is 32.8. The molecule has 0 aliphatic carbocycles. The van der Waals surface area contributed by atoms with E-state index >= 15 is 0 Å². The van der Waals surface area contributed by atoms with Gasteiger partial charge in [0.25, 0.3) is 0 Å². The van der Waals surface area contributed by atoms with Gasteiger partial charge in [-0.1, -0.05) is 13.8 Å². The van der Waals surface area contributed by atoms with Crippen LogP contribution in [0.5, 0.6) is 0 Å². The molecule has 2 saturated heterocycles. The number of nitrogens with one attached hydrogen (secondary N) is 1. The van der Waals surface area contributed by atoms with E-state index in [0.29, 0.717) is 17.9 Å². The first-order chi connectivity index (χ1) is 7.59. The standard InChI is InChI=1S/C12H23N3O/c1-9(2)11-12(16)15(8-13-11)10-5-4-6-14(3)7-10/h9-11,13H,4-8H2,1-3H3. The molecule has 2 aliphatic heterocycles. The van der Waals surface area contributed by atoms with Crippen molar-refractivity contribution in [1.29, 1.82) is 0 Å². The van der Waals surface area contributed by atoms with Crippen LogP contribution in [0.4, 0.5) is 0 Å². The fourth-order valence-electron chi connectivity index (χ4n) is 2.76. The molecule has 16 heavy (non-hydrogen) atoms. The minimum atomic E-state index is 0.0345. The summed E-state index contributed by atoms with van der Waals surface area (Å²) < 4.78 is 0. The van der Waals surface area contributed by atoms with E-state index in [1.165, 1.54) is 13.0 Å². The van der Waals surface area contributed by atoms with Gasteiger partial charge >= 0.3 is 0 Å². The topological polar surface area (TPSA) is 35.6 Å². The molecule has 2 atom stereocenters. The molecule has 2 fully saturated rings. The van der Waals surface area contributed by atoms with Crippen molar-refractivity contribution in [3.63, 3.8) is 0 Å². The van der Waals surface area contributed by atoms with Gasteiger partial charge in [-0.05, 0) is 32.4 Å². The van der Waals surface area contributed by atoms with Crippen molar-refractivity contribution in [3.05, 3.63) is 0 Å². The van der Waals surface area contributed by atoms with E-state index in [-0.39, 0.29) is 6.04 Å². The van der Waals surface area contributed by atoms with Crippen LogP contribution in [0.2, 0.25) is 0 Å². The Kier molecular flexibility index (Phi) is 3.50. The molecule has 0 aromatic rings. The second kappa shape index (κ2) is 4.72. The van der Waals surface area contributed by atoms with E-state index in [9.17, 15) is 4.79 Å². The van der Waals surface area contributed by atoms with Crippen molar-refractivity contribution in [3.8, 4) is 0 Å². The third-order valence-electron chi connectivity index (χ3n) is 3.74. The molecule has 0 aromatic carbocycles. The Bertz CT molecular complexity index is 267. The molecule has 0 bridgehead atoms. The fraction of sp³-hybridized carbons (Fsp3) is 0.917. The van der Waals surface area contributed by atoms with Gasteiger partial charge in [0.2, 0.25) is 5.91 Å². The molecule has 4 heteroatoms. The number of rotatable bonds is 2. The quantitative estimate of drug-likeness (QED) is 0.743. The van der Waals surface area contributed by atoms with Gasteiger partial charge in [0.1, 0.15) is 0 Å². The average molecular weight is 225 g/mol. The molecule has 1 N–H and O–H groups in total. The fourth-order valence-corrected chi connectivity index (χ4v) is 2.76. The van der Waals surface area contributed by atoms with Gasteiger partial charge in [-0.3, -0.25) is 10.1 Å². The second-order valence-electron chi connectivity index (χ2n) is 5.45. The Morgan fingerprint density at radius 2 is 2.19 bits per heavy atom. The third kappa shape index (κ3) is 2.23. The van der Waals surface area contributed by atoms with Gasteiger partial charge in [-0.2, -0.15) is 0 Å². The first-order valence-corrected chi connectivity index (χ1v) is 6.32. The van der Waals surface area contributed by atoms with Crippen molar-refractivity contribution in [2.45, 2.75) is 38.8 Å². The van der Waals surface area contributed by atoms with Crippen LogP contribution in [-0.4, -0.2) is 54.6 Å². The van der Waals surface area contributed by atoms with Crippen molar-refractivity contribution >= 4 is 5.91 Å². The maximum Gasteiger partial charge on any atom is 0.241 e. The maximum atomic E-state index is 12.2.